The normalized spacial score (nSPS) is 10.9. The molecule has 4 heteroatoms. The number of nitrogens with zero attached hydrogens (tertiary/aromatic N) is 2. The third kappa shape index (κ3) is 2.62. The van der Waals surface area contributed by atoms with Crippen molar-refractivity contribution < 1.29 is 4.74 Å². The largest absolute Gasteiger partial charge is 0.495 e. The maximum Gasteiger partial charge on any atom is 0.143 e. The molecule has 0 amide bonds. The Morgan fingerprint density at radius 1 is 1.40 bits per heavy atom. The van der Waals surface area contributed by atoms with E-state index in [1.807, 2.05) is 6.07 Å². The molecular weight excluding hydrogens is 190 g/mol. The summed E-state index contributed by atoms with van der Waals surface area (Å²) in [5.74, 6) is 0.566. The van der Waals surface area contributed by atoms with Crippen molar-refractivity contribution in [2.45, 2.75) is 13.0 Å². The SMILES string of the molecule is COc1cc(C#N)ccc1NC(C)C#N. The number of anilines is 1. The van der Waals surface area contributed by atoms with Crippen molar-refractivity contribution in [3.8, 4) is 17.9 Å². The fraction of sp³-hybridized carbons (Fsp3) is 0.273. The van der Waals surface area contributed by atoms with Crippen LogP contribution in [0.25, 0.3) is 0 Å². The number of methoxy groups -OCH3 is 1. The maximum atomic E-state index is 8.70. The zero-order chi connectivity index (χ0) is 11.3. The molecular formula is C11H11N3O. The Bertz CT molecular complexity index is 428. The molecule has 0 spiro atoms. The van der Waals surface area contributed by atoms with Crippen LogP contribution in [0.1, 0.15) is 12.5 Å². The summed E-state index contributed by atoms with van der Waals surface area (Å²) in [6, 6.07) is 8.82. The van der Waals surface area contributed by atoms with Crippen LogP contribution in [0.2, 0.25) is 0 Å². The summed E-state index contributed by atoms with van der Waals surface area (Å²) in [5, 5.41) is 20.3. The van der Waals surface area contributed by atoms with E-state index in [1.54, 1.807) is 25.1 Å². The quantitative estimate of drug-likeness (QED) is 0.810. The minimum absolute atomic E-state index is 0.299. The molecule has 0 aliphatic heterocycles. The number of nitrogens with one attached hydrogen (secondary N) is 1. The molecule has 1 atom stereocenters. The van der Waals surface area contributed by atoms with Crippen molar-refractivity contribution in [3.05, 3.63) is 23.8 Å². The van der Waals surface area contributed by atoms with Gasteiger partial charge in [-0.15, -0.1) is 0 Å². The predicted molar refractivity (Wildman–Crippen MR) is 56.4 cm³/mol. The molecule has 1 aromatic carbocycles. The summed E-state index contributed by atoms with van der Waals surface area (Å²) in [6.45, 7) is 1.75. The van der Waals surface area contributed by atoms with Gasteiger partial charge in [0.2, 0.25) is 0 Å². The van der Waals surface area contributed by atoms with E-state index in [2.05, 4.69) is 11.4 Å². The molecule has 0 aliphatic rings. The fourth-order valence-electron chi connectivity index (χ4n) is 1.15. The van der Waals surface area contributed by atoms with Gasteiger partial charge in [0, 0.05) is 6.07 Å². The van der Waals surface area contributed by atoms with Crippen LogP contribution in [-0.4, -0.2) is 13.2 Å². The average molecular weight is 201 g/mol. The van der Waals surface area contributed by atoms with Gasteiger partial charge in [0.25, 0.3) is 0 Å². The molecule has 1 unspecified atom stereocenters. The third-order valence-corrected chi connectivity index (χ3v) is 1.90. The van der Waals surface area contributed by atoms with Crippen LogP contribution in [0.15, 0.2) is 18.2 Å². The smallest absolute Gasteiger partial charge is 0.143 e. The van der Waals surface area contributed by atoms with Gasteiger partial charge in [0.05, 0.1) is 30.5 Å². The van der Waals surface area contributed by atoms with E-state index in [0.29, 0.717) is 17.0 Å². The van der Waals surface area contributed by atoms with E-state index < -0.39 is 0 Å². The van der Waals surface area contributed by atoms with E-state index in [1.165, 1.54) is 7.11 Å². The van der Waals surface area contributed by atoms with Gasteiger partial charge in [-0.1, -0.05) is 0 Å². The maximum absolute atomic E-state index is 8.70. The lowest BCUT2D eigenvalue weighted by molar-refractivity contribution is 0.416. The highest BCUT2D eigenvalue weighted by atomic mass is 16.5. The second-order valence-corrected chi connectivity index (χ2v) is 3.02. The van der Waals surface area contributed by atoms with E-state index in [-0.39, 0.29) is 6.04 Å². The van der Waals surface area contributed by atoms with E-state index >= 15 is 0 Å². The van der Waals surface area contributed by atoms with Crippen LogP contribution < -0.4 is 10.1 Å². The van der Waals surface area contributed by atoms with Crippen LogP contribution in [-0.2, 0) is 0 Å². The topological polar surface area (TPSA) is 68.8 Å². The molecule has 0 aliphatic carbocycles. The lowest BCUT2D eigenvalue weighted by Crippen LogP contribution is -2.12. The zero-order valence-corrected chi connectivity index (χ0v) is 8.61. The van der Waals surface area contributed by atoms with Gasteiger partial charge >= 0.3 is 0 Å². The molecule has 1 N–H and O–H groups in total. The zero-order valence-electron chi connectivity index (χ0n) is 8.61. The van der Waals surface area contributed by atoms with Crippen LogP contribution in [0.3, 0.4) is 0 Å². The molecule has 76 valence electrons. The highest BCUT2D eigenvalue weighted by Crippen LogP contribution is 2.25. The Balaban J connectivity index is 3.00. The number of ether oxygens (including phenoxy) is 1. The van der Waals surface area contributed by atoms with E-state index in [4.69, 9.17) is 15.3 Å². The fourth-order valence-corrected chi connectivity index (χ4v) is 1.15. The van der Waals surface area contributed by atoms with Crippen molar-refractivity contribution in [1.29, 1.82) is 10.5 Å². The minimum atomic E-state index is -0.299. The van der Waals surface area contributed by atoms with Gasteiger partial charge in [-0.3, -0.25) is 0 Å². The van der Waals surface area contributed by atoms with Crippen LogP contribution in [0.5, 0.6) is 5.75 Å². The van der Waals surface area contributed by atoms with Crippen molar-refractivity contribution in [2.24, 2.45) is 0 Å². The molecule has 0 saturated carbocycles. The van der Waals surface area contributed by atoms with Crippen molar-refractivity contribution in [3.63, 3.8) is 0 Å². The highest BCUT2D eigenvalue weighted by molar-refractivity contribution is 5.60. The first-order valence-corrected chi connectivity index (χ1v) is 4.45. The van der Waals surface area contributed by atoms with Gasteiger partial charge in [-0.05, 0) is 19.1 Å². The standard InChI is InChI=1S/C11H11N3O/c1-8(6-12)14-10-4-3-9(7-13)5-11(10)15-2/h3-5,8,14H,1-2H3. The first-order chi connectivity index (χ1) is 7.21. The summed E-state index contributed by atoms with van der Waals surface area (Å²) in [6.07, 6.45) is 0. The van der Waals surface area contributed by atoms with Crippen LogP contribution >= 0.6 is 0 Å². The summed E-state index contributed by atoms with van der Waals surface area (Å²) in [5.41, 5.74) is 1.24. The third-order valence-electron chi connectivity index (χ3n) is 1.90. The second kappa shape index (κ2) is 4.88. The monoisotopic (exact) mass is 201 g/mol. The summed E-state index contributed by atoms with van der Waals surface area (Å²) < 4.78 is 5.11. The summed E-state index contributed by atoms with van der Waals surface area (Å²) >= 11 is 0. The van der Waals surface area contributed by atoms with Crippen LogP contribution in [0.4, 0.5) is 5.69 Å². The van der Waals surface area contributed by atoms with Crippen molar-refractivity contribution >= 4 is 5.69 Å². The molecule has 0 aromatic heterocycles. The Kier molecular flexibility index (Phi) is 3.54. The molecule has 1 rings (SSSR count). The molecule has 15 heavy (non-hydrogen) atoms. The van der Waals surface area contributed by atoms with Crippen molar-refractivity contribution in [2.75, 3.05) is 12.4 Å². The Morgan fingerprint density at radius 2 is 2.13 bits per heavy atom. The Morgan fingerprint density at radius 3 is 2.67 bits per heavy atom. The molecule has 0 fully saturated rings. The Labute approximate surface area is 88.7 Å². The first kappa shape index (κ1) is 10.9. The number of hydrogen-bond donors (Lipinski definition) is 1. The van der Waals surface area contributed by atoms with Crippen LogP contribution in [0, 0.1) is 22.7 Å². The number of benzene rings is 1. The molecule has 0 radical (unpaired) electrons. The number of nitriles is 2. The van der Waals surface area contributed by atoms with Gasteiger partial charge in [0.1, 0.15) is 11.8 Å². The first-order valence-electron chi connectivity index (χ1n) is 4.45. The lowest BCUT2D eigenvalue weighted by Gasteiger charge is -2.12. The van der Waals surface area contributed by atoms with Crippen molar-refractivity contribution in [1.82, 2.24) is 0 Å². The second-order valence-electron chi connectivity index (χ2n) is 3.02. The van der Waals surface area contributed by atoms with Gasteiger partial charge < -0.3 is 10.1 Å². The van der Waals surface area contributed by atoms with Gasteiger partial charge in [-0.25, -0.2) is 0 Å². The highest BCUT2D eigenvalue weighted by Gasteiger charge is 2.06. The molecule has 4 nitrogen and oxygen atoms in total. The number of hydrogen-bond acceptors (Lipinski definition) is 4. The van der Waals surface area contributed by atoms with Gasteiger partial charge in [0.15, 0.2) is 0 Å². The van der Waals surface area contributed by atoms with Gasteiger partial charge in [-0.2, -0.15) is 10.5 Å². The average Bonchev–Trinajstić information content (AvgIpc) is 2.29. The molecule has 0 heterocycles. The molecule has 1 aromatic rings. The Hall–Kier alpha value is -2.20. The molecule has 0 saturated heterocycles. The molecule has 0 bridgehead atoms. The van der Waals surface area contributed by atoms with E-state index in [0.717, 1.165) is 0 Å². The van der Waals surface area contributed by atoms with E-state index in [9.17, 15) is 0 Å². The number of rotatable bonds is 3. The predicted octanol–water partition coefficient (Wildman–Crippen LogP) is 1.89. The minimum Gasteiger partial charge on any atom is -0.495 e. The lowest BCUT2D eigenvalue weighted by atomic mass is 10.2. The summed E-state index contributed by atoms with van der Waals surface area (Å²) in [4.78, 5) is 0. The summed E-state index contributed by atoms with van der Waals surface area (Å²) in [7, 11) is 1.53.